The summed E-state index contributed by atoms with van der Waals surface area (Å²) in [5.41, 5.74) is 2.02. The maximum Gasteiger partial charge on any atom is 0.338 e. The van der Waals surface area contributed by atoms with E-state index in [9.17, 15) is 24.8 Å². The molecule has 1 heterocycles. The number of nitrogens with zero attached hydrogens (tertiary/aromatic N) is 1. The first kappa shape index (κ1) is 19.9. The molecule has 0 radical (unpaired) electrons. The second-order valence-electron chi connectivity index (χ2n) is 6.64. The summed E-state index contributed by atoms with van der Waals surface area (Å²) < 4.78 is 5.39. The van der Waals surface area contributed by atoms with Gasteiger partial charge in [-0.05, 0) is 31.0 Å². The number of phenolic OH excluding ortho intramolecular Hbond substituents is 1. The minimum Gasteiger partial charge on any atom is -0.502 e. The zero-order chi connectivity index (χ0) is 21.1. The molecule has 0 spiro atoms. The lowest BCUT2D eigenvalue weighted by molar-refractivity contribution is -0.385. The molecule has 1 aliphatic heterocycles. The molecule has 9 nitrogen and oxygen atoms in total. The average molecular weight is 397 g/mol. The highest BCUT2D eigenvalue weighted by atomic mass is 16.6. The molecular weight excluding hydrogens is 378 g/mol. The van der Waals surface area contributed by atoms with Gasteiger partial charge in [0.15, 0.2) is 5.75 Å². The van der Waals surface area contributed by atoms with Gasteiger partial charge in [-0.2, -0.15) is 0 Å². The molecule has 0 saturated carbocycles. The fourth-order valence-electron chi connectivity index (χ4n) is 2.99. The summed E-state index contributed by atoms with van der Waals surface area (Å²) in [7, 11) is 0. The molecule has 0 bridgehead atoms. The molecular formula is C20H19N3O6. The quantitative estimate of drug-likeness (QED) is 0.404. The van der Waals surface area contributed by atoms with Gasteiger partial charge in [0, 0.05) is 11.8 Å². The number of carbonyl (C=O) groups is 2. The van der Waals surface area contributed by atoms with Crippen molar-refractivity contribution in [2.24, 2.45) is 0 Å². The molecule has 0 aromatic heterocycles. The van der Waals surface area contributed by atoms with Crippen LogP contribution < -0.4 is 10.6 Å². The Bertz CT molecular complexity index is 1010. The molecule has 3 rings (SSSR count). The zero-order valence-corrected chi connectivity index (χ0v) is 15.8. The van der Waals surface area contributed by atoms with E-state index in [1.165, 1.54) is 6.07 Å². The van der Waals surface area contributed by atoms with E-state index >= 15 is 0 Å². The van der Waals surface area contributed by atoms with Crippen LogP contribution in [0.1, 0.15) is 29.7 Å². The molecule has 3 N–H and O–H groups in total. The molecule has 2 aromatic rings. The predicted molar refractivity (Wildman–Crippen MR) is 103 cm³/mol. The van der Waals surface area contributed by atoms with Crippen molar-refractivity contribution in [2.45, 2.75) is 26.5 Å². The number of allylic oxidation sites excluding steroid dienone is 1. The number of urea groups is 1. The predicted octanol–water partition coefficient (Wildman–Crippen LogP) is 2.98. The van der Waals surface area contributed by atoms with Crippen molar-refractivity contribution in [1.29, 1.82) is 0 Å². The number of nitro benzene ring substituents is 1. The molecule has 2 amide bonds. The number of carbonyl (C=O) groups excluding carboxylic acids is 2. The van der Waals surface area contributed by atoms with Crippen molar-refractivity contribution in [2.75, 3.05) is 0 Å². The van der Waals surface area contributed by atoms with Gasteiger partial charge in [0.25, 0.3) is 0 Å². The van der Waals surface area contributed by atoms with Crippen LogP contribution in [0.15, 0.2) is 53.7 Å². The molecule has 0 aliphatic carbocycles. The van der Waals surface area contributed by atoms with Crippen LogP contribution in [0, 0.1) is 17.0 Å². The zero-order valence-electron chi connectivity index (χ0n) is 15.8. The third kappa shape index (κ3) is 4.34. The van der Waals surface area contributed by atoms with E-state index < -0.39 is 34.4 Å². The van der Waals surface area contributed by atoms with Crippen LogP contribution in [-0.4, -0.2) is 22.0 Å². The van der Waals surface area contributed by atoms with Crippen molar-refractivity contribution in [3.8, 4) is 5.75 Å². The Labute approximate surface area is 166 Å². The van der Waals surface area contributed by atoms with Crippen molar-refractivity contribution in [1.82, 2.24) is 10.6 Å². The highest BCUT2D eigenvalue weighted by molar-refractivity contribution is 5.95. The number of amides is 2. The fraction of sp³-hybridized carbons (Fsp3) is 0.200. The summed E-state index contributed by atoms with van der Waals surface area (Å²) in [6.07, 6.45) is 0. The number of aryl methyl sites for hydroxylation is 1. The Hall–Kier alpha value is -3.88. The minimum atomic E-state index is -0.964. The number of ether oxygens (including phenoxy) is 1. The smallest absolute Gasteiger partial charge is 0.338 e. The van der Waals surface area contributed by atoms with Gasteiger partial charge >= 0.3 is 17.7 Å². The lowest BCUT2D eigenvalue weighted by atomic mass is 9.95. The lowest BCUT2D eigenvalue weighted by Crippen LogP contribution is -2.45. The maximum absolute atomic E-state index is 12.8. The Morgan fingerprint density at radius 1 is 1.21 bits per heavy atom. The maximum atomic E-state index is 12.8. The largest absolute Gasteiger partial charge is 0.502 e. The molecule has 150 valence electrons. The Morgan fingerprint density at radius 2 is 1.90 bits per heavy atom. The number of hydrogen-bond donors (Lipinski definition) is 3. The topological polar surface area (TPSA) is 131 Å². The van der Waals surface area contributed by atoms with E-state index in [0.29, 0.717) is 0 Å². The molecule has 29 heavy (non-hydrogen) atoms. The van der Waals surface area contributed by atoms with Crippen molar-refractivity contribution >= 4 is 17.7 Å². The van der Waals surface area contributed by atoms with Crippen LogP contribution >= 0.6 is 0 Å². The monoisotopic (exact) mass is 397 g/mol. The first-order chi connectivity index (χ1) is 13.8. The van der Waals surface area contributed by atoms with Crippen LogP contribution in [0.2, 0.25) is 0 Å². The number of hydrogen-bond acceptors (Lipinski definition) is 6. The van der Waals surface area contributed by atoms with Crippen molar-refractivity contribution in [3.63, 3.8) is 0 Å². The summed E-state index contributed by atoms with van der Waals surface area (Å²) in [5.74, 6) is -1.18. The van der Waals surface area contributed by atoms with E-state index in [1.807, 2.05) is 31.2 Å². The first-order valence-electron chi connectivity index (χ1n) is 8.74. The van der Waals surface area contributed by atoms with Gasteiger partial charge in [0.2, 0.25) is 0 Å². The Balaban J connectivity index is 1.89. The summed E-state index contributed by atoms with van der Waals surface area (Å²) in [6.45, 7) is 3.52. The second-order valence-corrected chi connectivity index (χ2v) is 6.64. The van der Waals surface area contributed by atoms with E-state index in [0.717, 1.165) is 23.3 Å². The van der Waals surface area contributed by atoms with Crippen LogP contribution in [0.25, 0.3) is 0 Å². The number of benzene rings is 2. The van der Waals surface area contributed by atoms with Gasteiger partial charge in [-0.15, -0.1) is 0 Å². The van der Waals surface area contributed by atoms with Crippen LogP contribution in [0.3, 0.4) is 0 Å². The Kier molecular flexibility index (Phi) is 5.49. The highest BCUT2D eigenvalue weighted by Gasteiger charge is 2.33. The van der Waals surface area contributed by atoms with Gasteiger partial charge in [-0.25, -0.2) is 9.59 Å². The van der Waals surface area contributed by atoms with Crippen LogP contribution in [-0.2, 0) is 16.1 Å². The molecule has 0 fully saturated rings. The van der Waals surface area contributed by atoms with Gasteiger partial charge in [-0.3, -0.25) is 10.1 Å². The molecule has 9 heteroatoms. The second kappa shape index (κ2) is 8.01. The van der Waals surface area contributed by atoms with Crippen molar-refractivity contribution < 1.29 is 24.4 Å². The summed E-state index contributed by atoms with van der Waals surface area (Å²) in [4.78, 5) is 35.1. The standard InChI is InChI=1S/C20H19N3O6/c1-11-3-5-13(6-4-11)10-29-19(25)17-12(2)21-20(26)22-18(17)14-7-8-16(24)15(9-14)23(27)28/h3-9,18,24H,10H2,1-2H3,(H2,21,22,26)/t18-/m0/s1. The normalized spacial score (nSPS) is 16.1. The van der Waals surface area contributed by atoms with E-state index in [2.05, 4.69) is 10.6 Å². The van der Waals surface area contributed by atoms with Gasteiger partial charge in [-0.1, -0.05) is 35.9 Å². The molecule has 1 atom stereocenters. The van der Waals surface area contributed by atoms with Gasteiger partial charge in [0.05, 0.1) is 16.5 Å². The molecule has 0 saturated heterocycles. The number of aromatic hydroxyl groups is 1. The van der Waals surface area contributed by atoms with E-state index in [4.69, 9.17) is 4.74 Å². The highest BCUT2D eigenvalue weighted by Crippen LogP contribution is 2.33. The number of esters is 1. The molecule has 1 aliphatic rings. The first-order valence-corrected chi connectivity index (χ1v) is 8.74. The number of nitrogens with one attached hydrogen (secondary N) is 2. The Morgan fingerprint density at radius 3 is 2.55 bits per heavy atom. The average Bonchev–Trinajstić information content (AvgIpc) is 2.67. The SMILES string of the molecule is CC1=C(C(=O)OCc2ccc(C)cc2)[C@H](c2ccc(O)c([N+](=O)[O-])c2)NC(=O)N1. The van der Waals surface area contributed by atoms with E-state index in [-0.39, 0.29) is 23.4 Å². The summed E-state index contributed by atoms with van der Waals surface area (Å²) in [5, 5.41) is 25.9. The van der Waals surface area contributed by atoms with Gasteiger partial charge in [0.1, 0.15) is 6.61 Å². The van der Waals surface area contributed by atoms with Crippen LogP contribution in [0.4, 0.5) is 10.5 Å². The third-order valence-electron chi connectivity index (χ3n) is 4.51. The molecule has 2 aromatic carbocycles. The van der Waals surface area contributed by atoms with E-state index in [1.54, 1.807) is 6.92 Å². The van der Waals surface area contributed by atoms with Gasteiger partial charge < -0.3 is 20.5 Å². The number of phenols is 1. The van der Waals surface area contributed by atoms with Crippen molar-refractivity contribution in [3.05, 3.63) is 80.5 Å². The lowest BCUT2D eigenvalue weighted by Gasteiger charge is -2.28. The number of nitro groups is 1. The van der Waals surface area contributed by atoms with Crippen LogP contribution in [0.5, 0.6) is 5.75 Å². The molecule has 0 unspecified atom stereocenters. The fourth-order valence-corrected chi connectivity index (χ4v) is 2.99. The third-order valence-corrected chi connectivity index (χ3v) is 4.51. The summed E-state index contributed by atoms with van der Waals surface area (Å²) >= 11 is 0. The summed E-state index contributed by atoms with van der Waals surface area (Å²) in [6, 6.07) is 9.62. The number of rotatable bonds is 5. The minimum absolute atomic E-state index is 0.0340.